The zero-order valence-electron chi connectivity index (χ0n) is 15.7. The summed E-state index contributed by atoms with van der Waals surface area (Å²) in [6, 6.07) is 7.72. The molecule has 0 aliphatic rings. The summed E-state index contributed by atoms with van der Waals surface area (Å²) < 4.78 is 15.3. The lowest BCUT2D eigenvalue weighted by atomic mass is 10.2. The summed E-state index contributed by atoms with van der Waals surface area (Å²) in [5.41, 5.74) is 0.895. The fourth-order valence-corrected chi connectivity index (χ4v) is 2.08. The third-order valence-electron chi connectivity index (χ3n) is 3.41. The van der Waals surface area contributed by atoms with Gasteiger partial charge in [0.1, 0.15) is 5.75 Å². The molecule has 0 saturated heterocycles. The summed E-state index contributed by atoms with van der Waals surface area (Å²) >= 11 is 0. The third kappa shape index (κ3) is 11.1. The lowest BCUT2D eigenvalue weighted by Gasteiger charge is -2.13. The predicted octanol–water partition coefficient (Wildman–Crippen LogP) is 3.05. The lowest BCUT2D eigenvalue weighted by molar-refractivity contribution is -0.140. The van der Waals surface area contributed by atoms with Gasteiger partial charge in [-0.25, -0.2) is 0 Å². The average Bonchev–Trinajstić information content (AvgIpc) is 2.64. The van der Waals surface area contributed by atoms with Crippen molar-refractivity contribution < 1.29 is 19.0 Å². The van der Waals surface area contributed by atoms with E-state index in [9.17, 15) is 4.79 Å². The van der Waals surface area contributed by atoms with E-state index in [1.54, 1.807) is 14.2 Å². The van der Waals surface area contributed by atoms with E-state index in [0.29, 0.717) is 25.6 Å². The fourth-order valence-electron chi connectivity index (χ4n) is 2.08. The van der Waals surface area contributed by atoms with Crippen LogP contribution in [0.25, 0.3) is 0 Å². The molecule has 1 rings (SSSR count). The van der Waals surface area contributed by atoms with Gasteiger partial charge in [-0.15, -0.1) is 24.0 Å². The van der Waals surface area contributed by atoms with Crippen LogP contribution in [0.5, 0.6) is 5.75 Å². The molecule has 0 radical (unpaired) electrons. The summed E-state index contributed by atoms with van der Waals surface area (Å²) in [5.74, 6) is 1.30. The number of unbranched alkanes of at least 4 members (excludes halogenated alkanes) is 1. The first-order valence-electron chi connectivity index (χ1n) is 8.46. The number of rotatable bonds is 11. The van der Waals surface area contributed by atoms with Crippen molar-refractivity contribution in [2.75, 3.05) is 46.3 Å². The molecular formula is C18H30IN3O4. The second-order valence-corrected chi connectivity index (χ2v) is 5.38. The van der Waals surface area contributed by atoms with Crippen LogP contribution in [0.1, 0.15) is 25.7 Å². The Morgan fingerprint density at radius 3 is 2.65 bits per heavy atom. The number of anilines is 1. The van der Waals surface area contributed by atoms with E-state index in [-0.39, 0.29) is 29.9 Å². The molecule has 7 nitrogen and oxygen atoms in total. The molecule has 0 fully saturated rings. The van der Waals surface area contributed by atoms with Gasteiger partial charge in [0, 0.05) is 51.9 Å². The summed E-state index contributed by atoms with van der Waals surface area (Å²) in [4.78, 5) is 15.2. The third-order valence-corrected chi connectivity index (χ3v) is 3.41. The Morgan fingerprint density at radius 1 is 1.15 bits per heavy atom. The van der Waals surface area contributed by atoms with Gasteiger partial charge in [-0.1, -0.05) is 6.07 Å². The summed E-state index contributed by atoms with van der Waals surface area (Å²) in [7, 11) is 4.80. The molecule has 2 N–H and O–H groups in total. The minimum atomic E-state index is -0.176. The number of nitrogens with zero attached hydrogens (tertiary/aromatic N) is 1. The Hall–Kier alpha value is -1.55. The molecule has 148 valence electrons. The Kier molecular flexibility index (Phi) is 14.8. The van der Waals surface area contributed by atoms with Crippen LogP contribution in [0.2, 0.25) is 0 Å². The smallest absolute Gasteiger partial charge is 0.305 e. The van der Waals surface area contributed by atoms with Crippen LogP contribution in [-0.2, 0) is 14.3 Å². The first-order chi connectivity index (χ1) is 12.2. The summed E-state index contributed by atoms with van der Waals surface area (Å²) in [6.07, 6.45) is 2.93. The standard InChI is InChI=1S/C18H29N3O4.HI/c1-19-18(20-11-5-4-10-17(22)24-3)21-15-8-6-9-16(14-15)25-13-7-12-23-2;/h6,8-9,14H,4-5,7,10-13H2,1-3H3,(H2,19,20,21);1H. The average molecular weight is 479 g/mol. The quantitative estimate of drug-likeness (QED) is 0.167. The van der Waals surface area contributed by atoms with Crippen LogP contribution in [0.4, 0.5) is 5.69 Å². The molecule has 1 aromatic rings. The van der Waals surface area contributed by atoms with Crippen LogP contribution >= 0.6 is 24.0 Å². The number of hydrogen-bond acceptors (Lipinski definition) is 5. The molecule has 0 aliphatic carbocycles. The van der Waals surface area contributed by atoms with Crippen molar-refractivity contribution >= 4 is 41.6 Å². The maximum Gasteiger partial charge on any atom is 0.305 e. The SMILES string of the molecule is CN=C(NCCCCC(=O)OC)Nc1cccc(OCCCOC)c1.I. The van der Waals surface area contributed by atoms with E-state index in [0.717, 1.165) is 37.2 Å². The van der Waals surface area contributed by atoms with Crippen molar-refractivity contribution in [2.24, 2.45) is 4.99 Å². The second kappa shape index (κ2) is 15.7. The van der Waals surface area contributed by atoms with Gasteiger partial charge in [-0.3, -0.25) is 9.79 Å². The van der Waals surface area contributed by atoms with E-state index in [2.05, 4.69) is 20.4 Å². The molecule has 8 heteroatoms. The van der Waals surface area contributed by atoms with Crippen molar-refractivity contribution in [1.29, 1.82) is 0 Å². The van der Waals surface area contributed by atoms with Crippen LogP contribution in [0, 0.1) is 0 Å². The Morgan fingerprint density at radius 2 is 1.96 bits per heavy atom. The van der Waals surface area contributed by atoms with Gasteiger partial charge in [0.25, 0.3) is 0 Å². The molecular weight excluding hydrogens is 449 g/mol. The van der Waals surface area contributed by atoms with Crippen molar-refractivity contribution in [3.63, 3.8) is 0 Å². The molecule has 0 unspecified atom stereocenters. The molecule has 0 aromatic heterocycles. The highest BCUT2D eigenvalue weighted by atomic mass is 127. The van der Waals surface area contributed by atoms with Gasteiger partial charge >= 0.3 is 5.97 Å². The van der Waals surface area contributed by atoms with Gasteiger partial charge < -0.3 is 24.8 Å². The Labute approximate surface area is 172 Å². The minimum Gasteiger partial charge on any atom is -0.493 e. The fraction of sp³-hybridized carbons (Fsp3) is 0.556. The maximum absolute atomic E-state index is 11.1. The monoisotopic (exact) mass is 479 g/mol. The molecule has 1 aromatic carbocycles. The number of benzene rings is 1. The Bertz CT molecular complexity index is 541. The largest absolute Gasteiger partial charge is 0.493 e. The number of nitrogens with one attached hydrogen (secondary N) is 2. The van der Waals surface area contributed by atoms with Gasteiger partial charge in [0.2, 0.25) is 0 Å². The van der Waals surface area contributed by atoms with E-state index < -0.39 is 0 Å². The number of aliphatic imine (C=N–C) groups is 1. The van der Waals surface area contributed by atoms with E-state index in [1.807, 2.05) is 24.3 Å². The highest BCUT2D eigenvalue weighted by molar-refractivity contribution is 14.0. The van der Waals surface area contributed by atoms with Crippen molar-refractivity contribution in [3.05, 3.63) is 24.3 Å². The van der Waals surface area contributed by atoms with E-state index >= 15 is 0 Å². The molecule has 0 bridgehead atoms. The van der Waals surface area contributed by atoms with Crippen molar-refractivity contribution in [2.45, 2.75) is 25.7 Å². The second-order valence-electron chi connectivity index (χ2n) is 5.38. The first kappa shape index (κ1) is 24.5. The van der Waals surface area contributed by atoms with Crippen LogP contribution < -0.4 is 15.4 Å². The van der Waals surface area contributed by atoms with Crippen molar-refractivity contribution in [1.82, 2.24) is 5.32 Å². The number of carbonyl (C=O) groups excluding carboxylic acids is 1. The van der Waals surface area contributed by atoms with Gasteiger partial charge in [0.15, 0.2) is 5.96 Å². The van der Waals surface area contributed by atoms with Crippen LogP contribution in [-0.4, -0.2) is 53.0 Å². The zero-order chi connectivity index (χ0) is 18.3. The number of guanidine groups is 1. The summed E-state index contributed by atoms with van der Waals surface area (Å²) in [5, 5.41) is 6.44. The number of methoxy groups -OCH3 is 2. The Balaban J connectivity index is 0.00000625. The molecule has 0 aliphatic heterocycles. The molecule has 0 atom stereocenters. The number of halogens is 1. The predicted molar refractivity (Wildman–Crippen MR) is 115 cm³/mol. The minimum absolute atomic E-state index is 0. The zero-order valence-corrected chi connectivity index (χ0v) is 18.1. The highest BCUT2D eigenvalue weighted by Crippen LogP contribution is 2.17. The van der Waals surface area contributed by atoms with Gasteiger partial charge in [0.05, 0.1) is 13.7 Å². The molecule has 0 spiro atoms. The molecule has 26 heavy (non-hydrogen) atoms. The normalized spacial score (nSPS) is 10.7. The number of ether oxygens (including phenoxy) is 3. The number of carbonyl (C=O) groups is 1. The molecule has 0 saturated carbocycles. The lowest BCUT2D eigenvalue weighted by Crippen LogP contribution is -2.31. The van der Waals surface area contributed by atoms with Gasteiger partial charge in [-0.05, 0) is 25.0 Å². The number of hydrogen-bond donors (Lipinski definition) is 2. The van der Waals surface area contributed by atoms with E-state index in [1.165, 1.54) is 7.11 Å². The number of esters is 1. The summed E-state index contributed by atoms with van der Waals surface area (Å²) in [6.45, 7) is 2.03. The molecule has 0 amide bonds. The van der Waals surface area contributed by atoms with Crippen LogP contribution in [0.15, 0.2) is 29.3 Å². The van der Waals surface area contributed by atoms with Gasteiger partial charge in [-0.2, -0.15) is 0 Å². The van der Waals surface area contributed by atoms with Crippen molar-refractivity contribution in [3.8, 4) is 5.75 Å². The van der Waals surface area contributed by atoms with Crippen LogP contribution in [0.3, 0.4) is 0 Å². The highest BCUT2D eigenvalue weighted by Gasteiger charge is 2.03. The molecule has 0 heterocycles. The maximum atomic E-state index is 11.1. The topological polar surface area (TPSA) is 81.2 Å². The first-order valence-corrected chi connectivity index (χ1v) is 8.46. The van der Waals surface area contributed by atoms with E-state index in [4.69, 9.17) is 9.47 Å².